The summed E-state index contributed by atoms with van der Waals surface area (Å²) in [7, 11) is -2.20. The number of nitrogens with one attached hydrogen (secondary N) is 1. The SMILES string of the molecule is C[C@H]1CN(C(=O)O)C(Cc2ccccc2)[C@@H](NC(=O)OC(C)(C)C)[C@@H]1O[Si](C)(C)C(C)(C)C. The minimum absolute atomic E-state index is 0.0257. The van der Waals surface area contributed by atoms with Crippen LogP contribution < -0.4 is 5.32 Å². The van der Waals surface area contributed by atoms with Gasteiger partial charge >= 0.3 is 12.2 Å². The van der Waals surface area contributed by atoms with E-state index in [1.807, 2.05) is 58.0 Å². The second-order valence-corrected chi connectivity index (χ2v) is 16.4. The Morgan fingerprint density at radius 3 is 2.18 bits per heavy atom. The van der Waals surface area contributed by atoms with E-state index in [4.69, 9.17) is 9.16 Å². The highest BCUT2D eigenvalue weighted by molar-refractivity contribution is 6.74. The van der Waals surface area contributed by atoms with E-state index in [-0.39, 0.29) is 17.1 Å². The molecule has 33 heavy (non-hydrogen) atoms. The molecule has 1 fully saturated rings. The van der Waals surface area contributed by atoms with Crippen LogP contribution in [-0.2, 0) is 15.6 Å². The quantitative estimate of drug-likeness (QED) is 0.545. The number of nitrogens with zero attached hydrogens (tertiary/aromatic N) is 1. The van der Waals surface area contributed by atoms with Gasteiger partial charge < -0.3 is 24.5 Å². The maximum Gasteiger partial charge on any atom is 0.408 e. The zero-order chi connectivity index (χ0) is 25.2. The summed E-state index contributed by atoms with van der Waals surface area (Å²) in [5.74, 6) is -0.0952. The number of ether oxygens (including phenoxy) is 1. The van der Waals surface area contributed by atoms with Crippen LogP contribution in [0.5, 0.6) is 0 Å². The van der Waals surface area contributed by atoms with Crippen LogP contribution in [0.1, 0.15) is 54.0 Å². The fourth-order valence-electron chi connectivity index (χ4n) is 3.96. The first-order valence-corrected chi connectivity index (χ1v) is 14.6. The number of carboxylic acid groups (broad SMARTS) is 1. The standard InChI is InChI=1S/C25H42N2O5Si/c1-17-16-27(23(29)30)19(15-18-13-11-10-12-14-18)20(26-22(28)31-24(2,3)4)21(17)32-33(8,9)25(5,6)7/h10-14,17,19-21H,15-16H2,1-9H3,(H,26,28)(H,29,30)/t17-,19?,20+,21+/m0/s1. The van der Waals surface area contributed by atoms with E-state index < -0.39 is 38.2 Å². The average molecular weight is 479 g/mol. The molecule has 1 aromatic carbocycles. The van der Waals surface area contributed by atoms with Crippen LogP contribution in [0.3, 0.4) is 0 Å². The highest BCUT2D eigenvalue weighted by Gasteiger charge is 2.49. The first-order valence-electron chi connectivity index (χ1n) is 11.7. The molecule has 4 atom stereocenters. The van der Waals surface area contributed by atoms with Gasteiger partial charge in [-0.25, -0.2) is 9.59 Å². The Hall–Kier alpha value is -2.06. The van der Waals surface area contributed by atoms with Gasteiger partial charge in [-0.15, -0.1) is 0 Å². The van der Waals surface area contributed by atoms with Crippen molar-refractivity contribution in [2.24, 2.45) is 5.92 Å². The topological polar surface area (TPSA) is 88.1 Å². The van der Waals surface area contributed by atoms with Crippen molar-refractivity contribution in [2.45, 2.75) is 96.8 Å². The smallest absolute Gasteiger partial charge is 0.408 e. The lowest BCUT2D eigenvalue weighted by Crippen LogP contribution is -2.68. The molecular weight excluding hydrogens is 436 g/mol. The lowest BCUT2D eigenvalue weighted by molar-refractivity contribution is -0.0220. The van der Waals surface area contributed by atoms with Gasteiger partial charge in [-0.2, -0.15) is 0 Å². The van der Waals surface area contributed by atoms with Crippen LogP contribution in [0.4, 0.5) is 9.59 Å². The maximum atomic E-state index is 12.9. The third-order valence-corrected chi connectivity index (χ3v) is 11.1. The Balaban J connectivity index is 2.48. The average Bonchev–Trinajstić information content (AvgIpc) is 2.64. The zero-order valence-electron chi connectivity index (χ0n) is 21.6. The molecule has 1 aromatic rings. The van der Waals surface area contributed by atoms with E-state index in [1.165, 1.54) is 4.90 Å². The number of hydrogen-bond acceptors (Lipinski definition) is 4. The summed E-state index contributed by atoms with van der Waals surface area (Å²) < 4.78 is 12.4. The normalized spacial score (nSPS) is 24.3. The van der Waals surface area contributed by atoms with E-state index in [9.17, 15) is 14.7 Å². The van der Waals surface area contributed by atoms with Gasteiger partial charge in [0.25, 0.3) is 0 Å². The molecule has 1 aliphatic heterocycles. The van der Waals surface area contributed by atoms with Crippen molar-refractivity contribution in [3.8, 4) is 0 Å². The van der Waals surface area contributed by atoms with Gasteiger partial charge in [0.15, 0.2) is 8.32 Å². The van der Waals surface area contributed by atoms with E-state index in [0.717, 1.165) is 5.56 Å². The molecule has 0 bridgehead atoms. The molecule has 2 N–H and O–H groups in total. The molecule has 1 heterocycles. The molecule has 0 saturated carbocycles. The van der Waals surface area contributed by atoms with E-state index in [0.29, 0.717) is 13.0 Å². The monoisotopic (exact) mass is 478 g/mol. The first-order chi connectivity index (χ1) is 15.0. The number of amides is 2. The van der Waals surface area contributed by atoms with Gasteiger partial charge in [0, 0.05) is 12.5 Å². The second kappa shape index (κ2) is 10.1. The largest absolute Gasteiger partial charge is 0.465 e. The Kier molecular flexibility index (Phi) is 8.28. The van der Waals surface area contributed by atoms with Gasteiger partial charge in [-0.05, 0) is 50.9 Å². The fraction of sp³-hybridized carbons (Fsp3) is 0.680. The van der Waals surface area contributed by atoms with Gasteiger partial charge in [-0.3, -0.25) is 0 Å². The van der Waals surface area contributed by atoms with Crippen molar-refractivity contribution in [3.63, 3.8) is 0 Å². The van der Waals surface area contributed by atoms with Crippen LogP contribution in [0, 0.1) is 5.92 Å². The van der Waals surface area contributed by atoms with Crippen molar-refractivity contribution in [1.29, 1.82) is 0 Å². The lowest BCUT2D eigenvalue weighted by atomic mass is 9.83. The molecule has 0 aliphatic carbocycles. The molecule has 0 aromatic heterocycles. The highest BCUT2D eigenvalue weighted by Crippen LogP contribution is 2.40. The number of benzene rings is 1. The van der Waals surface area contributed by atoms with Gasteiger partial charge in [-0.1, -0.05) is 58.0 Å². The van der Waals surface area contributed by atoms with Crippen molar-refractivity contribution >= 4 is 20.5 Å². The molecule has 1 unspecified atom stereocenters. The number of hydrogen-bond donors (Lipinski definition) is 2. The number of likely N-dealkylation sites (tertiary alicyclic amines) is 1. The summed E-state index contributed by atoms with van der Waals surface area (Å²) in [6.45, 7) is 18.7. The van der Waals surface area contributed by atoms with E-state index in [1.54, 1.807) is 0 Å². The number of alkyl carbamates (subject to hydrolysis) is 1. The van der Waals surface area contributed by atoms with Crippen LogP contribution in [-0.4, -0.2) is 60.8 Å². The predicted octanol–water partition coefficient (Wildman–Crippen LogP) is 5.51. The molecule has 1 saturated heterocycles. The summed E-state index contributed by atoms with van der Waals surface area (Å²) in [6, 6.07) is 8.73. The maximum absolute atomic E-state index is 12.9. The molecule has 8 heteroatoms. The molecule has 2 rings (SSSR count). The summed E-state index contributed by atoms with van der Waals surface area (Å²) in [4.78, 5) is 26.6. The van der Waals surface area contributed by atoms with Crippen molar-refractivity contribution in [2.75, 3.05) is 6.54 Å². The minimum atomic E-state index is -2.20. The van der Waals surface area contributed by atoms with Crippen molar-refractivity contribution in [1.82, 2.24) is 10.2 Å². The molecular formula is C25H42N2O5Si. The first kappa shape index (κ1) is 27.2. The summed E-state index contributed by atoms with van der Waals surface area (Å²) in [5.41, 5.74) is 0.340. The Bertz CT molecular complexity index is 816. The van der Waals surface area contributed by atoms with Gasteiger partial charge in [0.2, 0.25) is 0 Å². The summed E-state index contributed by atoms with van der Waals surface area (Å²) in [6.07, 6.45) is -1.42. The molecule has 2 amide bonds. The minimum Gasteiger partial charge on any atom is -0.465 e. The second-order valence-electron chi connectivity index (χ2n) is 11.7. The Morgan fingerprint density at radius 2 is 1.70 bits per heavy atom. The lowest BCUT2D eigenvalue weighted by Gasteiger charge is -2.51. The molecule has 1 aliphatic rings. The predicted molar refractivity (Wildman–Crippen MR) is 133 cm³/mol. The third kappa shape index (κ3) is 7.21. The van der Waals surface area contributed by atoms with Crippen LogP contribution in [0.2, 0.25) is 18.1 Å². The van der Waals surface area contributed by atoms with Crippen molar-refractivity contribution < 1.29 is 23.9 Å². The van der Waals surface area contributed by atoms with E-state index in [2.05, 4.69) is 39.2 Å². The highest BCUT2D eigenvalue weighted by atomic mass is 28.4. The van der Waals surface area contributed by atoms with Crippen molar-refractivity contribution in [3.05, 3.63) is 35.9 Å². The number of rotatable bonds is 5. The number of piperidine rings is 1. The number of carbonyl (C=O) groups excluding carboxylic acids is 1. The molecule has 0 radical (unpaired) electrons. The van der Waals surface area contributed by atoms with Crippen LogP contribution in [0.25, 0.3) is 0 Å². The Labute approximate surface area is 200 Å². The third-order valence-electron chi connectivity index (χ3n) is 6.67. The van der Waals surface area contributed by atoms with Crippen LogP contribution in [0.15, 0.2) is 30.3 Å². The van der Waals surface area contributed by atoms with E-state index >= 15 is 0 Å². The summed E-state index contributed by atoms with van der Waals surface area (Å²) in [5, 5.41) is 13.0. The van der Waals surface area contributed by atoms with Crippen LogP contribution >= 0.6 is 0 Å². The van der Waals surface area contributed by atoms with Gasteiger partial charge in [0.05, 0.1) is 18.2 Å². The summed E-state index contributed by atoms with van der Waals surface area (Å²) >= 11 is 0. The molecule has 0 spiro atoms. The molecule has 7 nitrogen and oxygen atoms in total. The Morgan fingerprint density at radius 1 is 1.12 bits per heavy atom. The number of carbonyl (C=O) groups is 2. The van der Waals surface area contributed by atoms with Gasteiger partial charge in [0.1, 0.15) is 5.60 Å². The zero-order valence-corrected chi connectivity index (χ0v) is 22.6. The fourth-order valence-corrected chi connectivity index (χ4v) is 5.37. The molecule has 186 valence electrons.